The Balaban J connectivity index is 2.11. The number of rotatable bonds is 3. The second-order valence-electron chi connectivity index (χ2n) is 4.87. The van der Waals surface area contributed by atoms with Crippen molar-refractivity contribution in [1.29, 1.82) is 0 Å². The van der Waals surface area contributed by atoms with E-state index in [0.717, 1.165) is 5.56 Å². The Kier molecular flexibility index (Phi) is 4.03. The van der Waals surface area contributed by atoms with Crippen LogP contribution in [-0.4, -0.2) is 17.9 Å². The minimum atomic E-state index is -0.303. The number of nitrogens with two attached hydrogens (primary N) is 1. The number of amides is 1. The normalized spacial score (nSPS) is 10.3. The second kappa shape index (κ2) is 5.74. The minimum Gasteiger partial charge on any atom is -0.399 e. The van der Waals surface area contributed by atoms with Crippen molar-refractivity contribution in [3.8, 4) is 0 Å². The molecule has 4 heteroatoms. The van der Waals surface area contributed by atoms with Crippen LogP contribution >= 0.6 is 0 Å². The first-order valence-corrected chi connectivity index (χ1v) is 6.33. The lowest BCUT2D eigenvalue weighted by atomic mass is 10.1. The van der Waals surface area contributed by atoms with Crippen LogP contribution in [-0.2, 0) is 6.54 Å². The number of carbonyl (C=O) groups is 1. The second-order valence-corrected chi connectivity index (χ2v) is 4.87. The zero-order chi connectivity index (χ0) is 14.7. The minimum absolute atomic E-state index is 0.134. The standard InChI is InChI=1S/C16H17FN2O/c1-11-9-13(5-8-15(11)17)16(20)19(2)10-12-3-6-14(18)7-4-12/h3-9H,10,18H2,1-2H3. The molecule has 0 spiro atoms. The molecule has 2 aromatic rings. The fraction of sp³-hybridized carbons (Fsp3) is 0.188. The molecule has 2 aromatic carbocycles. The number of aryl methyl sites for hydroxylation is 1. The molecule has 0 fully saturated rings. The molecule has 0 aliphatic heterocycles. The largest absolute Gasteiger partial charge is 0.399 e. The number of halogens is 1. The van der Waals surface area contributed by atoms with Gasteiger partial charge in [-0.1, -0.05) is 12.1 Å². The summed E-state index contributed by atoms with van der Waals surface area (Å²) in [4.78, 5) is 13.9. The molecule has 0 saturated heterocycles. The van der Waals surface area contributed by atoms with Gasteiger partial charge in [0.2, 0.25) is 0 Å². The van der Waals surface area contributed by atoms with Gasteiger partial charge in [-0.05, 0) is 48.4 Å². The average molecular weight is 272 g/mol. The SMILES string of the molecule is Cc1cc(C(=O)N(C)Cc2ccc(N)cc2)ccc1F. The Hall–Kier alpha value is -2.36. The molecule has 20 heavy (non-hydrogen) atoms. The molecule has 3 nitrogen and oxygen atoms in total. The van der Waals surface area contributed by atoms with Crippen molar-refractivity contribution in [2.24, 2.45) is 0 Å². The first-order valence-electron chi connectivity index (χ1n) is 6.33. The van der Waals surface area contributed by atoms with E-state index in [2.05, 4.69) is 0 Å². The van der Waals surface area contributed by atoms with Gasteiger partial charge in [0.05, 0.1) is 0 Å². The Bertz CT molecular complexity index is 623. The van der Waals surface area contributed by atoms with Crippen molar-refractivity contribution in [3.05, 3.63) is 65.0 Å². The molecule has 0 atom stereocenters. The van der Waals surface area contributed by atoms with Gasteiger partial charge in [-0.3, -0.25) is 4.79 Å². The third-order valence-corrected chi connectivity index (χ3v) is 3.15. The Morgan fingerprint density at radius 1 is 1.20 bits per heavy atom. The van der Waals surface area contributed by atoms with Crippen LogP contribution in [0.15, 0.2) is 42.5 Å². The van der Waals surface area contributed by atoms with Gasteiger partial charge in [-0.2, -0.15) is 0 Å². The zero-order valence-corrected chi connectivity index (χ0v) is 11.6. The Morgan fingerprint density at radius 2 is 1.85 bits per heavy atom. The molecule has 0 radical (unpaired) electrons. The summed E-state index contributed by atoms with van der Waals surface area (Å²) in [5.74, 6) is -0.437. The van der Waals surface area contributed by atoms with Crippen molar-refractivity contribution in [1.82, 2.24) is 4.90 Å². The Labute approximate surface area is 117 Å². The summed E-state index contributed by atoms with van der Waals surface area (Å²) in [6.07, 6.45) is 0. The quantitative estimate of drug-likeness (QED) is 0.873. The van der Waals surface area contributed by atoms with Crippen LogP contribution in [0.1, 0.15) is 21.5 Å². The molecule has 2 rings (SSSR count). The van der Waals surface area contributed by atoms with E-state index in [1.807, 2.05) is 12.1 Å². The highest BCUT2D eigenvalue weighted by Gasteiger charge is 2.13. The lowest BCUT2D eigenvalue weighted by molar-refractivity contribution is 0.0785. The van der Waals surface area contributed by atoms with Crippen LogP contribution in [0.5, 0.6) is 0 Å². The summed E-state index contributed by atoms with van der Waals surface area (Å²) in [6, 6.07) is 11.8. The van der Waals surface area contributed by atoms with Crippen LogP contribution in [0.3, 0.4) is 0 Å². The summed E-state index contributed by atoms with van der Waals surface area (Å²) in [7, 11) is 1.72. The average Bonchev–Trinajstić information content (AvgIpc) is 2.43. The molecule has 1 amide bonds. The maximum atomic E-state index is 13.2. The highest BCUT2D eigenvalue weighted by Crippen LogP contribution is 2.13. The molecule has 2 N–H and O–H groups in total. The first kappa shape index (κ1) is 14.1. The van der Waals surface area contributed by atoms with Gasteiger partial charge in [-0.25, -0.2) is 4.39 Å². The van der Waals surface area contributed by atoms with E-state index in [1.165, 1.54) is 12.1 Å². The number of hydrogen-bond donors (Lipinski definition) is 1. The van der Waals surface area contributed by atoms with Crippen LogP contribution in [0, 0.1) is 12.7 Å². The molecule has 0 saturated carbocycles. The molecular formula is C16H17FN2O. The molecule has 0 aliphatic rings. The highest BCUT2D eigenvalue weighted by molar-refractivity contribution is 5.94. The van der Waals surface area contributed by atoms with Gasteiger partial charge in [0.15, 0.2) is 0 Å². The van der Waals surface area contributed by atoms with Crippen LogP contribution < -0.4 is 5.73 Å². The Morgan fingerprint density at radius 3 is 2.45 bits per heavy atom. The van der Waals surface area contributed by atoms with Crippen LogP contribution in [0.4, 0.5) is 10.1 Å². The highest BCUT2D eigenvalue weighted by atomic mass is 19.1. The van der Waals surface area contributed by atoms with Crippen LogP contribution in [0.2, 0.25) is 0 Å². The third-order valence-electron chi connectivity index (χ3n) is 3.15. The number of benzene rings is 2. The molecular weight excluding hydrogens is 255 g/mol. The first-order chi connectivity index (χ1) is 9.47. The summed E-state index contributed by atoms with van der Waals surface area (Å²) >= 11 is 0. The number of anilines is 1. The van der Waals surface area contributed by atoms with Crippen molar-refractivity contribution < 1.29 is 9.18 Å². The molecule has 0 bridgehead atoms. The summed E-state index contributed by atoms with van der Waals surface area (Å²) < 4.78 is 13.2. The fourth-order valence-electron chi connectivity index (χ4n) is 1.97. The van der Waals surface area contributed by atoms with E-state index in [0.29, 0.717) is 23.4 Å². The van der Waals surface area contributed by atoms with Gasteiger partial charge in [0.25, 0.3) is 5.91 Å². The zero-order valence-electron chi connectivity index (χ0n) is 11.6. The van der Waals surface area contributed by atoms with Gasteiger partial charge in [0, 0.05) is 24.8 Å². The monoisotopic (exact) mass is 272 g/mol. The maximum Gasteiger partial charge on any atom is 0.253 e. The third kappa shape index (κ3) is 3.15. The fourth-order valence-corrected chi connectivity index (χ4v) is 1.97. The molecule has 104 valence electrons. The molecule has 0 aromatic heterocycles. The lowest BCUT2D eigenvalue weighted by Crippen LogP contribution is -2.26. The van der Waals surface area contributed by atoms with E-state index in [9.17, 15) is 9.18 Å². The number of nitrogens with zero attached hydrogens (tertiary/aromatic N) is 1. The molecule has 0 aliphatic carbocycles. The van der Waals surface area contributed by atoms with Gasteiger partial charge >= 0.3 is 0 Å². The van der Waals surface area contributed by atoms with Gasteiger partial charge in [0.1, 0.15) is 5.82 Å². The van der Waals surface area contributed by atoms with E-state index in [-0.39, 0.29) is 11.7 Å². The van der Waals surface area contributed by atoms with E-state index >= 15 is 0 Å². The lowest BCUT2D eigenvalue weighted by Gasteiger charge is -2.17. The van der Waals surface area contributed by atoms with E-state index in [4.69, 9.17) is 5.73 Å². The summed E-state index contributed by atoms with van der Waals surface area (Å²) in [5, 5.41) is 0. The van der Waals surface area contributed by atoms with Gasteiger partial charge < -0.3 is 10.6 Å². The van der Waals surface area contributed by atoms with Crippen molar-refractivity contribution in [2.45, 2.75) is 13.5 Å². The number of hydrogen-bond acceptors (Lipinski definition) is 2. The van der Waals surface area contributed by atoms with E-state index < -0.39 is 0 Å². The predicted molar refractivity (Wildman–Crippen MR) is 77.8 cm³/mol. The number of nitrogen functional groups attached to an aromatic ring is 1. The van der Waals surface area contributed by atoms with Crippen molar-refractivity contribution in [2.75, 3.05) is 12.8 Å². The van der Waals surface area contributed by atoms with Crippen molar-refractivity contribution >= 4 is 11.6 Å². The summed E-state index contributed by atoms with van der Waals surface area (Å²) in [6.45, 7) is 2.13. The summed E-state index contributed by atoms with van der Waals surface area (Å²) in [5.41, 5.74) is 8.27. The van der Waals surface area contributed by atoms with Crippen LogP contribution in [0.25, 0.3) is 0 Å². The van der Waals surface area contributed by atoms with E-state index in [1.54, 1.807) is 37.1 Å². The number of carbonyl (C=O) groups excluding carboxylic acids is 1. The molecule has 0 heterocycles. The van der Waals surface area contributed by atoms with Gasteiger partial charge in [-0.15, -0.1) is 0 Å². The smallest absolute Gasteiger partial charge is 0.253 e. The predicted octanol–water partition coefficient (Wildman–Crippen LogP) is 2.99. The molecule has 0 unspecified atom stereocenters. The maximum absolute atomic E-state index is 13.2. The van der Waals surface area contributed by atoms with Crippen molar-refractivity contribution in [3.63, 3.8) is 0 Å². The topological polar surface area (TPSA) is 46.3 Å².